The molecule has 1 saturated carbocycles. The first-order valence-electron chi connectivity index (χ1n) is 9.41. The average molecular weight is 447 g/mol. The van der Waals surface area contributed by atoms with Gasteiger partial charge in [-0.1, -0.05) is 59.2 Å². The molecule has 29 heavy (non-hydrogen) atoms. The number of carbonyl (C=O) groups is 1. The van der Waals surface area contributed by atoms with Crippen molar-refractivity contribution in [3.8, 4) is 5.69 Å². The third-order valence-corrected chi connectivity index (χ3v) is 6.09. The lowest BCUT2D eigenvalue weighted by molar-refractivity contribution is -0.119. The van der Waals surface area contributed by atoms with Crippen molar-refractivity contribution in [1.29, 1.82) is 0 Å². The van der Waals surface area contributed by atoms with Gasteiger partial charge in [-0.15, -0.1) is 5.10 Å². The van der Waals surface area contributed by atoms with Crippen LogP contribution in [-0.2, 0) is 4.79 Å². The Morgan fingerprint density at radius 1 is 1.24 bits per heavy atom. The summed E-state index contributed by atoms with van der Waals surface area (Å²) in [5.74, 6) is 1.56. The van der Waals surface area contributed by atoms with E-state index >= 15 is 0 Å². The fourth-order valence-corrected chi connectivity index (χ4v) is 4.29. The number of carbonyl (C=O) groups excluding carboxylic acids is 1. The molecule has 1 aromatic heterocycles. The van der Waals surface area contributed by atoms with Crippen molar-refractivity contribution in [3.63, 3.8) is 0 Å². The molecule has 3 aromatic rings. The number of hydrogen-bond acceptors (Lipinski definition) is 4. The molecule has 1 atom stereocenters. The minimum Gasteiger partial charge on any atom is -0.349 e. The lowest BCUT2D eigenvalue weighted by Gasteiger charge is -2.15. The number of halogens is 2. The second-order valence-electron chi connectivity index (χ2n) is 7.02. The number of aromatic nitrogens is 3. The highest BCUT2D eigenvalue weighted by Crippen LogP contribution is 2.40. The van der Waals surface area contributed by atoms with Gasteiger partial charge in [-0.3, -0.25) is 4.79 Å². The van der Waals surface area contributed by atoms with Crippen LogP contribution < -0.4 is 5.32 Å². The van der Waals surface area contributed by atoms with Gasteiger partial charge in [0.25, 0.3) is 0 Å². The molecule has 5 nitrogen and oxygen atoms in total. The van der Waals surface area contributed by atoms with Crippen LogP contribution in [0.15, 0.2) is 53.7 Å². The predicted molar refractivity (Wildman–Crippen MR) is 117 cm³/mol. The maximum absolute atomic E-state index is 12.4. The molecule has 2 aromatic carbocycles. The van der Waals surface area contributed by atoms with Crippen molar-refractivity contribution in [1.82, 2.24) is 20.1 Å². The van der Waals surface area contributed by atoms with Gasteiger partial charge in [0.1, 0.15) is 5.82 Å². The third kappa shape index (κ3) is 4.94. The number of para-hydroxylation sites is 1. The van der Waals surface area contributed by atoms with E-state index in [1.54, 1.807) is 12.1 Å². The molecule has 1 N–H and O–H groups in total. The zero-order valence-corrected chi connectivity index (χ0v) is 18.1. The molecule has 0 aliphatic heterocycles. The Balaban J connectivity index is 1.40. The molecule has 1 aliphatic carbocycles. The number of benzene rings is 2. The summed E-state index contributed by atoms with van der Waals surface area (Å²) in [6.07, 6.45) is 2.27. The summed E-state index contributed by atoms with van der Waals surface area (Å²) in [5, 5.41) is 9.31. The monoisotopic (exact) mass is 446 g/mol. The van der Waals surface area contributed by atoms with Crippen LogP contribution >= 0.6 is 35.0 Å². The Bertz CT molecular complexity index is 1020. The van der Waals surface area contributed by atoms with Crippen LogP contribution in [-0.4, -0.2) is 26.4 Å². The highest BCUT2D eigenvalue weighted by Gasteiger charge is 2.30. The molecule has 1 unspecified atom stereocenters. The smallest absolute Gasteiger partial charge is 0.230 e. The van der Waals surface area contributed by atoms with Crippen LogP contribution in [0, 0.1) is 0 Å². The third-order valence-electron chi connectivity index (χ3n) is 4.69. The van der Waals surface area contributed by atoms with Gasteiger partial charge in [0.15, 0.2) is 0 Å². The van der Waals surface area contributed by atoms with Gasteiger partial charge >= 0.3 is 0 Å². The van der Waals surface area contributed by atoms with Crippen LogP contribution in [0.4, 0.5) is 0 Å². The van der Waals surface area contributed by atoms with E-state index in [0.29, 0.717) is 21.1 Å². The summed E-state index contributed by atoms with van der Waals surface area (Å²) in [6, 6.07) is 15.0. The molecule has 1 heterocycles. The molecular weight excluding hydrogens is 427 g/mol. The minimum atomic E-state index is -0.218. The highest BCUT2D eigenvalue weighted by atomic mass is 35.5. The zero-order chi connectivity index (χ0) is 20.4. The molecule has 0 spiro atoms. The molecule has 0 bridgehead atoms. The normalized spacial score (nSPS) is 14.6. The van der Waals surface area contributed by atoms with Crippen molar-refractivity contribution in [2.45, 2.75) is 36.9 Å². The molecule has 4 rings (SSSR count). The van der Waals surface area contributed by atoms with E-state index in [1.807, 2.05) is 48.0 Å². The van der Waals surface area contributed by atoms with Crippen LogP contribution in [0.25, 0.3) is 5.69 Å². The number of nitrogens with one attached hydrogen (secondary N) is 1. The molecule has 8 heteroatoms. The Labute approximate surface area is 183 Å². The minimum absolute atomic E-state index is 0.0995. The SMILES string of the molecule is CC(NC(=O)CSc1nc(C2CC2)n(-c2ccccc2)n1)c1ccc(Cl)cc1Cl. The highest BCUT2D eigenvalue weighted by molar-refractivity contribution is 7.99. The van der Waals surface area contributed by atoms with E-state index in [0.717, 1.165) is 29.9 Å². The van der Waals surface area contributed by atoms with Gasteiger partial charge in [0.2, 0.25) is 11.1 Å². The summed E-state index contributed by atoms with van der Waals surface area (Å²) < 4.78 is 1.90. The van der Waals surface area contributed by atoms with Crippen molar-refractivity contribution < 1.29 is 4.79 Å². The number of nitrogens with zero attached hydrogens (tertiary/aromatic N) is 3. The van der Waals surface area contributed by atoms with E-state index in [4.69, 9.17) is 23.2 Å². The lowest BCUT2D eigenvalue weighted by Crippen LogP contribution is -2.28. The van der Waals surface area contributed by atoms with Crippen LogP contribution in [0.2, 0.25) is 10.0 Å². The predicted octanol–water partition coefficient (Wildman–Crippen LogP) is 5.42. The van der Waals surface area contributed by atoms with Crippen molar-refractivity contribution >= 4 is 40.9 Å². The van der Waals surface area contributed by atoms with Crippen LogP contribution in [0.3, 0.4) is 0 Å². The summed E-state index contributed by atoms with van der Waals surface area (Å²) in [7, 11) is 0. The van der Waals surface area contributed by atoms with Gasteiger partial charge in [-0.2, -0.15) is 0 Å². The van der Waals surface area contributed by atoms with Gasteiger partial charge in [-0.05, 0) is 49.6 Å². The van der Waals surface area contributed by atoms with E-state index in [2.05, 4.69) is 15.4 Å². The molecule has 1 fully saturated rings. The molecule has 0 radical (unpaired) electrons. The maximum atomic E-state index is 12.4. The van der Waals surface area contributed by atoms with Crippen molar-refractivity contribution in [3.05, 3.63) is 70.0 Å². The molecule has 1 aliphatic rings. The van der Waals surface area contributed by atoms with Gasteiger partial charge in [0.05, 0.1) is 17.5 Å². The topological polar surface area (TPSA) is 59.8 Å². The maximum Gasteiger partial charge on any atom is 0.230 e. The van der Waals surface area contributed by atoms with Gasteiger partial charge in [-0.25, -0.2) is 9.67 Å². The summed E-state index contributed by atoms with van der Waals surface area (Å²) in [5.41, 5.74) is 1.82. The summed E-state index contributed by atoms with van der Waals surface area (Å²) >= 11 is 13.5. The van der Waals surface area contributed by atoms with E-state index in [9.17, 15) is 4.79 Å². The number of thioether (sulfide) groups is 1. The van der Waals surface area contributed by atoms with E-state index in [-0.39, 0.29) is 17.7 Å². The largest absolute Gasteiger partial charge is 0.349 e. The van der Waals surface area contributed by atoms with Crippen molar-refractivity contribution in [2.24, 2.45) is 0 Å². The second-order valence-corrected chi connectivity index (χ2v) is 8.80. The number of hydrogen-bond donors (Lipinski definition) is 1. The van der Waals surface area contributed by atoms with Crippen LogP contribution in [0.5, 0.6) is 0 Å². The number of rotatable bonds is 7. The average Bonchev–Trinajstić information content (AvgIpc) is 3.46. The fourth-order valence-electron chi connectivity index (χ4n) is 3.07. The standard InChI is InChI=1S/C21H20Cl2N4OS/c1-13(17-10-9-15(22)11-18(17)23)24-19(28)12-29-21-25-20(14-7-8-14)27(26-21)16-5-3-2-4-6-16/h2-6,9-11,13-14H,7-8,12H2,1H3,(H,24,28). The summed E-state index contributed by atoms with van der Waals surface area (Å²) in [6.45, 7) is 1.89. The molecular formula is C21H20Cl2N4OS. The number of amides is 1. The molecule has 0 saturated heterocycles. The fraction of sp³-hybridized carbons (Fsp3) is 0.286. The Morgan fingerprint density at radius 3 is 2.69 bits per heavy atom. The van der Waals surface area contributed by atoms with Gasteiger partial charge < -0.3 is 5.32 Å². The first-order valence-corrected chi connectivity index (χ1v) is 11.1. The first-order chi connectivity index (χ1) is 14.0. The Morgan fingerprint density at radius 2 is 2.00 bits per heavy atom. The summed E-state index contributed by atoms with van der Waals surface area (Å²) in [4.78, 5) is 17.1. The van der Waals surface area contributed by atoms with E-state index < -0.39 is 0 Å². The van der Waals surface area contributed by atoms with Gasteiger partial charge in [0, 0.05) is 16.0 Å². The molecule has 1 amide bonds. The lowest BCUT2D eigenvalue weighted by atomic mass is 10.1. The zero-order valence-electron chi connectivity index (χ0n) is 15.8. The van der Waals surface area contributed by atoms with E-state index in [1.165, 1.54) is 11.8 Å². The first kappa shape index (κ1) is 20.3. The van der Waals surface area contributed by atoms with Crippen molar-refractivity contribution in [2.75, 3.05) is 5.75 Å². The Kier molecular flexibility index (Phi) is 6.13. The quantitative estimate of drug-likeness (QED) is 0.492. The molecule has 150 valence electrons. The van der Waals surface area contributed by atoms with Crippen LogP contribution in [0.1, 0.15) is 43.1 Å². The second kappa shape index (κ2) is 8.78. The Hall–Kier alpha value is -2.02.